The summed E-state index contributed by atoms with van der Waals surface area (Å²) in [7, 11) is 0. The highest BCUT2D eigenvalue weighted by Crippen LogP contribution is 2.54. The van der Waals surface area contributed by atoms with Crippen LogP contribution in [0.1, 0.15) is 40.9 Å². The van der Waals surface area contributed by atoms with Gasteiger partial charge in [0.05, 0.1) is 16.7 Å². The van der Waals surface area contributed by atoms with Crippen molar-refractivity contribution in [1.29, 1.82) is 0 Å². The monoisotopic (exact) mass is 348 g/mol. The van der Waals surface area contributed by atoms with Crippen LogP contribution in [-0.4, -0.2) is 9.55 Å². The van der Waals surface area contributed by atoms with E-state index in [1.807, 2.05) is 0 Å². The van der Waals surface area contributed by atoms with Crippen molar-refractivity contribution in [2.24, 2.45) is 0 Å². The molecule has 2 heteroatoms. The summed E-state index contributed by atoms with van der Waals surface area (Å²) in [6, 6.07) is 24.1. The van der Waals surface area contributed by atoms with Gasteiger partial charge >= 0.3 is 0 Å². The molecule has 2 nitrogen and oxygen atoms in total. The first kappa shape index (κ1) is 15.0. The second kappa shape index (κ2) is 4.98. The lowest BCUT2D eigenvalue weighted by Crippen LogP contribution is -2.39. The third-order valence-electron chi connectivity index (χ3n) is 6.43. The number of fused-ring (bicyclic) bond motifs is 10. The highest BCUT2D eigenvalue weighted by Gasteiger charge is 2.47. The molecule has 1 aliphatic carbocycles. The van der Waals surface area contributed by atoms with Gasteiger partial charge in [-0.25, -0.2) is 4.98 Å². The molecule has 2 heterocycles. The van der Waals surface area contributed by atoms with Crippen LogP contribution in [0, 0.1) is 6.92 Å². The molecular formula is C25H20N2. The molecule has 0 saturated heterocycles. The van der Waals surface area contributed by atoms with Crippen molar-refractivity contribution < 1.29 is 0 Å². The molecule has 27 heavy (non-hydrogen) atoms. The van der Waals surface area contributed by atoms with Crippen LogP contribution in [0.25, 0.3) is 22.8 Å². The predicted octanol–water partition coefficient (Wildman–Crippen LogP) is 5.76. The van der Waals surface area contributed by atoms with E-state index in [1.54, 1.807) is 0 Å². The molecule has 0 bridgehead atoms. The van der Waals surface area contributed by atoms with E-state index < -0.39 is 0 Å². The quantitative estimate of drug-likeness (QED) is 0.395. The third kappa shape index (κ3) is 1.78. The van der Waals surface area contributed by atoms with Crippen molar-refractivity contribution in [3.63, 3.8) is 0 Å². The lowest BCUT2D eigenvalue weighted by molar-refractivity contribution is 0.462. The van der Waals surface area contributed by atoms with Crippen molar-refractivity contribution in [2.75, 3.05) is 0 Å². The molecule has 0 saturated carbocycles. The summed E-state index contributed by atoms with van der Waals surface area (Å²) in [5.74, 6) is 1.36. The zero-order valence-electron chi connectivity index (χ0n) is 15.5. The van der Waals surface area contributed by atoms with E-state index in [4.69, 9.17) is 4.98 Å². The highest BCUT2D eigenvalue weighted by atomic mass is 15.1. The van der Waals surface area contributed by atoms with Crippen LogP contribution >= 0.6 is 0 Å². The maximum absolute atomic E-state index is 5.09. The molecular weight excluding hydrogens is 328 g/mol. The van der Waals surface area contributed by atoms with E-state index in [2.05, 4.69) is 97.3 Å². The van der Waals surface area contributed by atoms with E-state index in [1.165, 1.54) is 33.5 Å². The third-order valence-corrected chi connectivity index (χ3v) is 6.43. The molecule has 1 aliphatic heterocycles. The lowest BCUT2D eigenvalue weighted by Gasteiger charge is -2.45. The maximum Gasteiger partial charge on any atom is 0.122 e. The summed E-state index contributed by atoms with van der Waals surface area (Å²) < 4.78 is 2.37. The fourth-order valence-corrected chi connectivity index (χ4v) is 5.10. The van der Waals surface area contributed by atoms with E-state index in [-0.39, 0.29) is 11.3 Å². The SMILES string of the molecule is Cc1ccc2c(c1)C1(C)c3ccccc3C=CC1c1nc3ccccc3n1-2. The van der Waals surface area contributed by atoms with Gasteiger partial charge in [0.1, 0.15) is 5.82 Å². The number of hydrogen-bond acceptors (Lipinski definition) is 1. The second-order valence-electron chi connectivity index (χ2n) is 7.94. The van der Waals surface area contributed by atoms with Crippen LogP contribution in [-0.2, 0) is 5.41 Å². The fourth-order valence-electron chi connectivity index (χ4n) is 5.10. The lowest BCUT2D eigenvalue weighted by atomic mass is 9.61. The summed E-state index contributed by atoms with van der Waals surface area (Å²) in [6.07, 6.45) is 4.62. The second-order valence-corrected chi connectivity index (χ2v) is 7.94. The molecule has 0 fully saturated rings. The van der Waals surface area contributed by atoms with E-state index in [0.717, 1.165) is 11.3 Å². The highest BCUT2D eigenvalue weighted by molar-refractivity contribution is 5.81. The first-order valence-electron chi connectivity index (χ1n) is 9.54. The van der Waals surface area contributed by atoms with Crippen molar-refractivity contribution in [3.05, 3.63) is 101 Å². The van der Waals surface area contributed by atoms with Gasteiger partial charge in [-0.1, -0.05) is 73.2 Å². The Labute approximate surface area is 158 Å². The Bertz CT molecular complexity index is 1260. The molecule has 0 amide bonds. The van der Waals surface area contributed by atoms with Crippen LogP contribution in [0.3, 0.4) is 0 Å². The molecule has 2 aliphatic rings. The minimum absolute atomic E-state index is 0.121. The summed E-state index contributed by atoms with van der Waals surface area (Å²) in [5, 5.41) is 0. The van der Waals surface area contributed by atoms with Crippen LogP contribution < -0.4 is 0 Å². The van der Waals surface area contributed by atoms with E-state index in [0.29, 0.717) is 0 Å². The Balaban J connectivity index is 1.79. The van der Waals surface area contributed by atoms with Crippen LogP contribution in [0.5, 0.6) is 0 Å². The van der Waals surface area contributed by atoms with Gasteiger partial charge in [-0.05, 0) is 41.8 Å². The topological polar surface area (TPSA) is 17.8 Å². The van der Waals surface area contributed by atoms with Crippen LogP contribution in [0.2, 0.25) is 0 Å². The summed E-state index contributed by atoms with van der Waals surface area (Å²) in [4.78, 5) is 5.09. The number of imidazole rings is 1. The molecule has 6 rings (SSSR count). The maximum atomic E-state index is 5.09. The Morgan fingerprint density at radius 2 is 1.74 bits per heavy atom. The number of para-hydroxylation sites is 2. The Kier molecular flexibility index (Phi) is 2.76. The molecule has 4 aromatic rings. The van der Waals surface area contributed by atoms with E-state index >= 15 is 0 Å². The van der Waals surface area contributed by atoms with Gasteiger partial charge < -0.3 is 0 Å². The van der Waals surface area contributed by atoms with Crippen molar-refractivity contribution in [2.45, 2.75) is 25.2 Å². The fraction of sp³-hybridized carbons (Fsp3) is 0.160. The summed E-state index contributed by atoms with van der Waals surface area (Å²) in [6.45, 7) is 4.58. The molecule has 2 unspecified atom stereocenters. The van der Waals surface area contributed by atoms with E-state index in [9.17, 15) is 0 Å². The van der Waals surface area contributed by atoms with Crippen molar-refractivity contribution in [3.8, 4) is 5.69 Å². The number of allylic oxidation sites excluding steroid dienone is 1. The first-order valence-corrected chi connectivity index (χ1v) is 9.54. The van der Waals surface area contributed by atoms with Gasteiger partial charge in [-0.3, -0.25) is 4.57 Å². The summed E-state index contributed by atoms with van der Waals surface area (Å²) >= 11 is 0. The Morgan fingerprint density at radius 1 is 0.926 bits per heavy atom. The van der Waals surface area contributed by atoms with Crippen molar-refractivity contribution >= 4 is 17.1 Å². The van der Waals surface area contributed by atoms with Gasteiger partial charge in [-0.2, -0.15) is 0 Å². The standard InChI is InChI=1S/C25H20N2/c1-16-11-14-22-20(15-16)25(2)18-8-4-3-7-17(18)12-13-19(25)24-26-21-9-5-6-10-23(21)27(22)24/h3-15,19H,1-2H3. The largest absolute Gasteiger partial charge is 0.295 e. The molecule has 130 valence electrons. The summed E-state index contributed by atoms with van der Waals surface area (Å²) in [5.41, 5.74) is 8.78. The average Bonchev–Trinajstić information content (AvgIpc) is 3.08. The molecule has 0 N–H and O–H groups in total. The molecule has 3 aromatic carbocycles. The van der Waals surface area contributed by atoms with Gasteiger partial charge in [-0.15, -0.1) is 0 Å². The number of hydrogen-bond donors (Lipinski definition) is 0. The number of rotatable bonds is 0. The van der Waals surface area contributed by atoms with Crippen LogP contribution in [0.4, 0.5) is 0 Å². The minimum atomic E-state index is -0.121. The Hall–Kier alpha value is -3.13. The molecule has 0 spiro atoms. The van der Waals surface area contributed by atoms with Crippen LogP contribution in [0.15, 0.2) is 72.8 Å². The first-order chi connectivity index (χ1) is 13.2. The molecule has 2 atom stereocenters. The number of aromatic nitrogens is 2. The molecule has 0 radical (unpaired) electrons. The predicted molar refractivity (Wildman–Crippen MR) is 110 cm³/mol. The smallest absolute Gasteiger partial charge is 0.122 e. The average molecular weight is 348 g/mol. The van der Waals surface area contributed by atoms with Gasteiger partial charge in [0.15, 0.2) is 0 Å². The van der Waals surface area contributed by atoms with Gasteiger partial charge in [0.25, 0.3) is 0 Å². The molecule has 1 aromatic heterocycles. The minimum Gasteiger partial charge on any atom is -0.295 e. The van der Waals surface area contributed by atoms with Gasteiger partial charge in [0, 0.05) is 11.3 Å². The van der Waals surface area contributed by atoms with Crippen molar-refractivity contribution in [1.82, 2.24) is 9.55 Å². The zero-order chi connectivity index (χ0) is 18.2. The normalized spacial score (nSPS) is 22.1. The number of aryl methyl sites for hydroxylation is 1. The zero-order valence-corrected chi connectivity index (χ0v) is 15.5. The number of benzene rings is 3. The Morgan fingerprint density at radius 3 is 2.67 bits per heavy atom. The number of nitrogens with zero attached hydrogens (tertiary/aromatic N) is 2. The van der Waals surface area contributed by atoms with Gasteiger partial charge in [0.2, 0.25) is 0 Å².